The standard InChI is InChI=1S/C29H52O/c1-7-28(5)17-14-22-21(19-28)10-11-24-23(22)15-18-29(6)25(12-13-26(24)29)20(2)9-8-16-27(3,4)30/h20-26,30H,7-19H2,1-6H3/t20-,21+,22+,23-,24-,25-,26+,28-,29-/m1/s1. The molecule has 1 N–H and O–H groups in total. The minimum Gasteiger partial charge on any atom is -0.390 e. The first kappa shape index (κ1) is 23.1. The van der Waals surface area contributed by atoms with Gasteiger partial charge in [-0.3, -0.25) is 0 Å². The second-order valence-electron chi connectivity index (χ2n) is 13.8. The average molecular weight is 417 g/mol. The fraction of sp³-hybridized carbons (Fsp3) is 1.00. The third-order valence-corrected chi connectivity index (χ3v) is 11.4. The van der Waals surface area contributed by atoms with Gasteiger partial charge in [-0.05, 0) is 130 Å². The van der Waals surface area contributed by atoms with E-state index in [-0.39, 0.29) is 0 Å². The molecule has 4 saturated carbocycles. The van der Waals surface area contributed by atoms with Crippen molar-refractivity contribution >= 4 is 0 Å². The number of fused-ring (bicyclic) bond motifs is 5. The van der Waals surface area contributed by atoms with E-state index in [1.165, 1.54) is 64.2 Å². The molecule has 0 aromatic rings. The zero-order valence-corrected chi connectivity index (χ0v) is 21.2. The van der Waals surface area contributed by atoms with Crippen LogP contribution < -0.4 is 0 Å². The predicted molar refractivity (Wildman–Crippen MR) is 128 cm³/mol. The number of aliphatic hydroxyl groups is 1. The van der Waals surface area contributed by atoms with Gasteiger partial charge in [0.05, 0.1) is 5.60 Å². The van der Waals surface area contributed by atoms with E-state index in [0.717, 1.165) is 47.8 Å². The zero-order chi connectivity index (χ0) is 21.7. The van der Waals surface area contributed by atoms with Crippen molar-refractivity contribution in [1.29, 1.82) is 0 Å². The van der Waals surface area contributed by atoms with E-state index in [4.69, 9.17) is 0 Å². The van der Waals surface area contributed by atoms with Gasteiger partial charge in [-0.15, -0.1) is 0 Å². The van der Waals surface area contributed by atoms with E-state index in [2.05, 4.69) is 27.7 Å². The second-order valence-corrected chi connectivity index (χ2v) is 13.8. The molecule has 0 aromatic heterocycles. The van der Waals surface area contributed by atoms with Crippen molar-refractivity contribution in [3.63, 3.8) is 0 Å². The van der Waals surface area contributed by atoms with Crippen LogP contribution in [-0.4, -0.2) is 10.7 Å². The van der Waals surface area contributed by atoms with Crippen LogP contribution in [0.4, 0.5) is 0 Å². The zero-order valence-electron chi connectivity index (χ0n) is 21.2. The van der Waals surface area contributed by atoms with Gasteiger partial charge in [0.1, 0.15) is 0 Å². The van der Waals surface area contributed by atoms with Crippen LogP contribution >= 0.6 is 0 Å². The molecule has 1 heteroatoms. The summed E-state index contributed by atoms with van der Waals surface area (Å²) in [5, 5.41) is 10.1. The molecular weight excluding hydrogens is 364 g/mol. The molecule has 174 valence electrons. The van der Waals surface area contributed by atoms with Gasteiger partial charge in [0, 0.05) is 0 Å². The molecule has 0 aromatic carbocycles. The first-order chi connectivity index (χ1) is 14.1. The van der Waals surface area contributed by atoms with Gasteiger partial charge in [-0.25, -0.2) is 0 Å². The van der Waals surface area contributed by atoms with E-state index in [9.17, 15) is 5.11 Å². The summed E-state index contributed by atoms with van der Waals surface area (Å²) >= 11 is 0. The van der Waals surface area contributed by atoms with Gasteiger partial charge < -0.3 is 5.11 Å². The van der Waals surface area contributed by atoms with E-state index < -0.39 is 5.60 Å². The molecule has 0 unspecified atom stereocenters. The lowest BCUT2D eigenvalue weighted by molar-refractivity contribution is -0.0835. The molecule has 4 rings (SSSR count). The second kappa shape index (κ2) is 8.39. The first-order valence-corrected chi connectivity index (χ1v) is 13.8. The molecule has 4 aliphatic rings. The van der Waals surface area contributed by atoms with Crippen molar-refractivity contribution in [2.24, 2.45) is 52.3 Å². The minimum absolute atomic E-state index is 0.494. The van der Waals surface area contributed by atoms with Crippen LogP contribution in [0.5, 0.6) is 0 Å². The van der Waals surface area contributed by atoms with Gasteiger partial charge >= 0.3 is 0 Å². The summed E-state index contributed by atoms with van der Waals surface area (Å²) in [4.78, 5) is 0. The quantitative estimate of drug-likeness (QED) is 0.462. The first-order valence-electron chi connectivity index (χ1n) is 13.8. The summed E-state index contributed by atoms with van der Waals surface area (Å²) < 4.78 is 0. The molecule has 4 aliphatic carbocycles. The predicted octanol–water partition coefficient (Wildman–Crippen LogP) is 8.25. The maximum Gasteiger partial charge on any atom is 0.0591 e. The molecule has 9 atom stereocenters. The van der Waals surface area contributed by atoms with Gasteiger partial charge in [0.2, 0.25) is 0 Å². The van der Waals surface area contributed by atoms with Gasteiger partial charge in [-0.2, -0.15) is 0 Å². The molecule has 0 amide bonds. The average Bonchev–Trinajstić information content (AvgIpc) is 3.04. The van der Waals surface area contributed by atoms with Crippen molar-refractivity contribution in [1.82, 2.24) is 0 Å². The molecule has 30 heavy (non-hydrogen) atoms. The van der Waals surface area contributed by atoms with Crippen LogP contribution in [0.3, 0.4) is 0 Å². The van der Waals surface area contributed by atoms with E-state index in [0.29, 0.717) is 10.8 Å². The Hall–Kier alpha value is -0.0400. The Kier molecular flexibility index (Phi) is 6.47. The van der Waals surface area contributed by atoms with Gasteiger partial charge in [0.15, 0.2) is 0 Å². The van der Waals surface area contributed by atoms with Crippen molar-refractivity contribution in [3.05, 3.63) is 0 Å². The third-order valence-electron chi connectivity index (χ3n) is 11.4. The van der Waals surface area contributed by atoms with Crippen LogP contribution in [0.15, 0.2) is 0 Å². The summed E-state index contributed by atoms with van der Waals surface area (Å²) in [5.74, 6) is 6.99. The summed E-state index contributed by atoms with van der Waals surface area (Å²) in [6.07, 6.45) is 18.5. The summed E-state index contributed by atoms with van der Waals surface area (Å²) in [6.45, 7) is 14.2. The lowest BCUT2D eigenvalue weighted by Crippen LogP contribution is -2.50. The molecule has 0 radical (unpaired) electrons. The maximum atomic E-state index is 10.1. The van der Waals surface area contributed by atoms with Crippen molar-refractivity contribution in [2.45, 2.75) is 131 Å². The Morgan fingerprint density at radius 1 is 0.933 bits per heavy atom. The van der Waals surface area contributed by atoms with Crippen LogP contribution in [0.2, 0.25) is 0 Å². The number of hydrogen-bond acceptors (Lipinski definition) is 1. The molecule has 0 heterocycles. The summed E-state index contributed by atoms with van der Waals surface area (Å²) in [7, 11) is 0. The SMILES string of the molecule is CC[C@]1(C)CC[C@H]2[C@@H](CC[C@@H]3[C@@H]2CC[C@]2(C)[C@@H]([C@H](C)CCCC(C)(C)O)CC[C@@H]32)C1. The number of hydrogen-bond donors (Lipinski definition) is 1. The monoisotopic (exact) mass is 416 g/mol. The van der Waals surface area contributed by atoms with Crippen LogP contribution in [-0.2, 0) is 0 Å². The fourth-order valence-electron chi connectivity index (χ4n) is 9.54. The minimum atomic E-state index is -0.494. The Bertz CT molecular complexity index is 590. The third kappa shape index (κ3) is 4.27. The van der Waals surface area contributed by atoms with Crippen LogP contribution in [0.1, 0.15) is 125 Å². The summed E-state index contributed by atoms with van der Waals surface area (Å²) in [6, 6.07) is 0. The topological polar surface area (TPSA) is 20.2 Å². The van der Waals surface area contributed by atoms with Gasteiger partial charge in [-0.1, -0.05) is 47.0 Å². The Morgan fingerprint density at radius 3 is 2.37 bits per heavy atom. The highest BCUT2D eigenvalue weighted by Crippen LogP contribution is 2.66. The van der Waals surface area contributed by atoms with E-state index in [1.807, 2.05) is 13.8 Å². The largest absolute Gasteiger partial charge is 0.390 e. The van der Waals surface area contributed by atoms with E-state index >= 15 is 0 Å². The highest BCUT2D eigenvalue weighted by molar-refractivity contribution is 5.07. The molecular formula is C29H52O. The lowest BCUT2D eigenvalue weighted by Gasteiger charge is -2.58. The Balaban J connectivity index is 1.40. The normalized spacial score (nSPS) is 47.3. The molecule has 1 nitrogen and oxygen atoms in total. The maximum absolute atomic E-state index is 10.1. The number of rotatable bonds is 6. The lowest BCUT2D eigenvalue weighted by atomic mass is 9.47. The van der Waals surface area contributed by atoms with Crippen LogP contribution in [0, 0.1) is 52.3 Å². The van der Waals surface area contributed by atoms with Crippen LogP contribution in [0.25, 0.3) is 0 Å². The molecule has 0 aliphatic heterocycles. The highest BCUT2D eigenvalue weighted by atomic mass is 16.3. The summed E-state index contributed by atoms with van der Waals surface area (Å²) in [5.41, 5.74) is 0.759. The Labute approximate surface area is 188 Å². The van der Waals surface area contributed by atoms with Crippen molar-refractivity contribution in [2.75, 3.05) is 0 Å². The smallest absolute Gasteiger partial charge is 0.0591 e. The highest BCUT2D eigenvalue weighted by Gasteiger charge is 2.58. The van der Waals surface area contributed by atoms with Crippen molar-refractivity contribution < 1.29 is 5.11 Å². The Morgan fingerprint density at radius 2 is 1.67 bits per heavy atom. The van der Waals surface area contributed by atoms with Crippen molar-refractivity contribution in [3.8, 4) is 0 Å². The molecule has 0 spiro atoms. The fourth-order valence-corrected chi connectivity index (χ4v) is 9.54. The van der Waals surface area contributed by atoms with E-state index in [1.54, 1.807) is 12.8 Å². The molecule has 0 saturated heterocycles. The molecule has 4 fully saturated rings. The molecule has 0 bridgehead atoms. The van der Waals surface area contributed by atoms with Gasteiger partial charge in [0.25, 0.3) is 0 Å².